The van der Waals surface area contributed by atoms with Gasteiger partial charge >= 0.3 is 0 Å². The molecule has 1 heterocycles. The van der Waals surface area contributed by atoms with E-state index in [1.165, 1.54) is 0 Å². The topological polar surface area (TPSA) is 45.6 Å². The minimum atomic E-state index is -0.0508. The highest BCUT2D eigenvalue weighted by molar-refractivity contribution is 5.28. The van der Waals surface area contributed by atoms with Crippen LogP contribution in [0.15, 0.2) is 12.1 Å². The Morgan fingerprint density at radius 3 is 2.44 bits per heavy atom. The highest BCUT2D eigenvalue weighted by Crippen LogP contribution is 2.24. The van der Waals surface area contributed by atoms with E-state index in [0.717, 1.165) is 17.8 Å². The summed E-state index contributed by atoms with van der Waals surface area (Å²) in [4.78, 5) is 6.55. The maximum Gasteiger partial charge on any atom is 0.213 e. The predicted molar refractivity (Wildman–Crippen MR) is 72.9 cm³/mol. The van der Waals surface area contributed by atoms with Gasteiger partial charge in [-0.05, 0) is 25.7 Å². The van der Waals surface area contributed by atoms with Gasteiger partial charge in [0.05, 0.1) is 12.3 Å². The third-order valence-electron chi connectivity index (χ3n) is 2.60. The molecule has 4 nitrogen and oxygen atoms in total. The van der Waals surface area contributed by atoms with Crippen molar-refractivity contribution in [1.82, 2.24) is 9.88 Å². The van der Waals surface area contributed by atoms with E-state index in [0.29, 0.717) is 12.5 Å². The third-order valence-corrected chi connectivity index (χ3v) is 2.60. The lowest BCUT2D eigenvalue weighted by atomic mass is 9.91. The first-order valence-corrected chi connectivity index (χ1v) is 6.23. The van der Waals surface area contributed by atoms with Crippen molar-refractivity contribution >= 4 is 0 Å². The lowest BCUT2D eigenvalue weighted by Crippen LogP contribution is -2.20. The van der Waals surface area contributed by atoms with Crippen molar-refractivity contribution in [1.29, 1.82) is 0 Å². The second kappa shape index (κ2) is 6.16. The van der Waals surface area contributed by atoms with Crippen molar-refractivity contribution in [2.45, 2.75) is 32.8 Å². The first-order chi connectivity index (χ1) is 8.32. The Labute approximate surface area is 110 Å². The minimum absolute atomic E-state index is 0.00956. The fourth-order valence-electron chi connectivity index (χ4n) is 1.44. The van der Waals surface area contributed by atoms with Crippen molar-refractivity contribution in [3.05, 3.63) is 23.4 Å². The highest BCUT2D eigenvalue weighted by atomic mass is 16.5. The number of aliphatic hydroxyl groups is 1. The maximum atomic E-state index is 9.27. The first-order valence-electron chi connectivity index (χ1n) is 6.23. The van der Waals surface area contributed by atoms with Crippen molar-refractivity contribution < 1.29 is 9.84 Å². The van der Waals surface area contributed by atoms with Crippen LogP contribution in [-0.4, -0.2) is 42.2 Å². The van der Waals surface area contributed by atoms with E-state index >= 15 is 0 Å². The van der Waals surface area contributed by atoms with Gasteiger partial charge in [-0.2, -0.15) is 0 Å². The van der Waals surface area contributed by atoms with Crippen LogP contribution in [0.25, 0.3) is 0 Å². The Bertz CT molecular complexity index is 384. The summed E-state index contributed by atoms with van der Waals surface area (Å²) in [5.74, 6) is 0.591. The van der Waals surface area contributed by atoms with E-state index in [1.807, 2.05) is 20.2 Å². The van der Waals surface area contributed by atoms with E-state index in [2.05, 4.69) is 30.7 Å². The van der Waals surface area contributed by atoms with Crippen molar-refractivity contribution in [2.75, 3.05) is 27.2 Å². The zero-order valence-electron chi connectivity index (χ0n) is 12.0. The molecule has 0 aromatic carbocycles. The summed E-state index contributed by atoms with van der Waals surface area (Å²) in [6.45, 7) is 7.74. The molecule has 102 valence electrons. The molecule has 0 spiro atoms. The van der Waals surface area contributed by atoms with E-state index in [-0.39, 0.29) is 12.0 Å². The molecule has 1 aromatic rings. The highest BCUT2D eigenvalue weighted by Gasteiger charge is 2.17. The molecular weight excluding hydrogens is 228 g/mol. The normalized spacial score (nSPS) is 11.9. The first kappa shape index (κ1) is 14.9. The molecular formula is C14H24N2O2. The van der Waals surface area contributed by atoms with Gasteiger partial charge in [-0.25, -0.2) is 4.98 Å². The van der Waals surface area contributed by atoms with Gasteiger partial charge in [0.15, 0.2) is 0 Å². The third kappa shape index (κ3) is 4.63. The number of aliphatic hydroxyl groups excluding tert-OH is 1. The van der Waals surface area contributed by atoms with Crippen LogP contribution in [0.1, 0.15) is 32.0 Å². The van der Waals surface area contributed by atoms with E-state index in [4.69, 9.17) is 4.74 Å². The van der Waals surface area contributed by atoms with Crippen molar-refractivity contribution in [3.63, 3.8) is 0 Å². The summed E-state index contributed by atoms with van der Waals surface area (Å²) < 4.78 is 5.63. The quantitative estimate of drug-likeness (QED) is 0.868. The summed E-state index contributed by atoms with van der Waals surface area (Å²) in [5, 5.41) is 9.27. The largest absolute Gasteiger partial charge is 0.476 e. The monoisotopic (exact) mass is 252 g/mol. The predicted octanol–water partition coefficient (Wildman–Crippen LogP) is 1.81. The van der Waals surface area contributed by atoms with Crippen LogP contribution in [0, 0.1) is 0 Å². The summed E-state index contributed by atoms with van der Waals surface area (Å²) >= 11 is 0. The van der Waals surface area contributed by atoms with E-state index in [1.54, 1.807) is 6.07 Å². The Morgan fingerprint density at radius 1 is 1.28 bits per heavy atom. The average molecular weight is 252 g/mol. The van der Waals surface area contributed by atoms with Crippen molar-refractivity contribution in [2.24, 2.45) is 0 Å². The Morgan fingerprint density at radius 2 is 1.94 bits per heavy atom. The van der Waals surface area contributed by atoms with Gasteiger partial charge in [0.1, 0.15) is 6.61 Å². The van der Waals surface area contributed by atoms with Gasteiger partial charge < -0.3 is 14.7 Å². The lowest BCUT2D eigenvalue weighted by Gasteiger charge is -2.20. The molecule has 0 aliphatic heterocycles. The van der Waals surface area contributed by atoms with Crippen molar-refractivity contribution in [3.8, 4) is 5.88 Å². The molecule has 0 amide bonds. The van der Waals surface area contributed by atoms with Gasteiger partial charge in [0.2, 0.25) is 5.88 Å². The molecule has 0 unspecified atom stereocenters. The standard InChI is InChI=1S/C14H24N2O2/c1-14(2,3)12-8-11(10-17)9-13(15-12)18-7-6-16(4)5/h8-9,17H,6-7,10H2,1-5H3. The smallest absolute Gasteiger partial charge is 0.213 e. The second-order valence-corrected chi connectivity index (χ2v) is 5.76. The molecule has 1 rings (SSSR count). The minimum Gasteiger partial charge on any atom is -0.476 e. The number of aromatic nitrogens is 1. The molecule has 1 N–H and O–H groups in total. The average Bonchev–Trinajstić information content (AvgIpc) is 2.27. The second-order valence-electron chi connectivity index (χ2n) is 5.76. The van der Waals surface area contributed by atoms with Crippen LogP contribution in [0.2, 0.25) is 0 Å². The van der Waals surface area contributed by atoms with Crippen LogP contribution >= 0.6 is 0 Å². The van der Waals surface area contributed by atoms with Gasteiger partial charge in [-0.15, -0.1) is 0 Å². The zero-order valence-corrected chi connectivity index (χ0v) is 12.0. The van der Waals surface area contributed by atoms with Crippen LogP contribution in [0.5, 0.6) is 5.88 Å². The number of nitrogens with zero attached hydrogens (tertiary/aromatic N) is 2. The van der Waals surface area contributed by atoms with Crippen LogP contribution < -0.4 is 4.74 Å². The molecule has 4 heteroatoms. The van der Waals surface area contributed by atoms with Gasteiger partial charge in [0, 0.05) is 18.0 Å². The molecule has 0 saturated heterocycles. The number of hydrogen-bond donors (Lipinski definition) is 1. The molecule has 0 bridgehead atoms. The number of rotatable bonds is 5. The number of ether oxygens (including phenoxy) is 1. The summed E-state index contributed by atoms with van der Waals surface area (Å²) in [5.41, 5.74) is 1.73. The van der Waals surface area contributed by atoms with Gasteiger partial charge in [-0.3, -0.25) is 0 Å². The fourth-order valence-corrected chi connectivity index (χ4v) is 1.44. The summed E-state index contributed by atoms with van der Waals surface area (Å²) in [7, 11) is 4.00. The number of hydrogen-bond acceptors (Lipinski definition) is 4. The van der Waals surface area contributed by atoms with Crippen LogP contribution in [0.4, 0.5) is 0 Å². The Hall–Kier alpha value is -1.13. The summed E-state index contributed by atoms with van der Waals surface area (Å²) in [6.07, 6.45) is 0. The molecule has 0 radical (unpaired) electrons. The molecule has 0 aliphatic carbocycles. The molecule has 0 saturated carbocycles. The van der Waals surface area contributed by atoms with E-state index < -0.39 is 0 Å². The van der Waals surface area contributed by atoms with Crippen LogP contribution in [0.3, 0.4) is 0 Å². The van der Waals surface area contributed by atoms with Crippen LogP contribution in [-0.2, 0) is 12.0 Å². The molecule has 0 atom stereocenters. The van der Waals surface area contributed by atoms with E-state index in [9.17, 15) is 5.11 Å². The summed E-state index contributed by atoms with van der Waals surface area (Å²) in [6, 6.07) is 3.73. The van der Waals surface area contributed by atoms with Gasteiger partial charge in [-0.1, -0.05) is 20.8 Å². The maximum absolute atomic E-state index is 9.27. The fraction of sp³-hybridized carbons (Fsp3) is 0.643. The molecule has 0 fully saturated rings. The molecule has 0 aliphatic rings. The Kier molecular flexibility index (Phi) is 5.11. The molecule has 1 aromatic heterocycles. The SMILES string of the molecule is CN(C)CCOc1cc(CO)cc(C(C)(C)C)n1. The Balaban J connectivity index is 2.84. The zero-order chi connectivity index (χ0) is 13.8. The lowest BCUT2D eigenvalue weighted by molar-refractivity contribution is 0.249. The van der Waals surface area contributed by atoms with Gasteiger partial charge in [0.25, 0.3) is 0 Å². The molecule has 18 heavy (non-hydrogen) atoms. The number of likely N-dealkylation sites (N-methyl/N-ethyl adjacent to an activating group) is 1. The number of pyridine rings is 1.